The smallest absolute Gasteiger partial charge is 0.416 e. The van der Waals surface area contributed by atoms with E-state index in [1.54, 1.807) is 31.3 Å². The van der Waals surface area contributed by atoms with Crippen LogP contribution in [0.15, 0.2) is 48.5 Å². The normalized spacial score (nSPS) is 15.3. The molecule has 0 saturated carbocycles. The molecule has 0 spiro atoms. The third-order valence-corrected chi connectivity index (χ3v) is 5.16. The fraction of sp³-hybridized carbons (Fsp3) is 0.348. The molecule has 0 N–H and O–H groups in total. The van der Waals surface area contributed by atoms with E-state index in [4.69, 9.17) is 9.47 Å². The number of hydrogen-bond acceptors (Lipinski definition) is 4. The van der Waals surface area contributed by atoms with Gasteiger partial charge in [-0.05, 0) is 41.5 Å². The first kappa shape index (κ1) is 22.7. The van der Waals surface area contributed by atoms with E-state index in [2.05, 4.69) is 4.90 Å². The molecule has 0 atom stereocenters. The van der Waals surface area contributed by atoms with E-state index in [0.717, 1.165) is 23.3 Å². The van der Waals surface area contributed by atoms with Crippen molar-refractivity contribution in [3.8, 4) is 11.5 Å². The molecule has 2 aromatic carbocycles. The predicted octanol–water partition coefficient (Wildman–Crippen LogP) is 4.08. The fourth-order valence-electron chi connectivity index (χ4n) is 3.38. The van der Waals surface area contributed by atoms with Crippen LogP contribution in [-0.4, -0.2) is 56.1 Å². The van der Waals surface area contributed by atoms with E-state index in [1.807, 2.05) is 12.1 Å². The average molecular weight is 434 g/mol. The van der Waals surface area contributed by atoms with E-state index >= 15 is 0 Å². The third kappa shape index (κ3) is 6.24. The van der Waals surface area contributed by atoms with Crippen LogP contribution >= 0.6 is 0 Å². The number of hydrogen-bond donors (Lipinski definition) is 0. The summed E-state index contributed by atoms with van der Waals surface area (Å²) in [5, 5.41) is 0. The lowest BCUT2D eigenvalue weighted by Crippen LogP contribution is -2.47. The first-order chi connectivity index (χ1) is 14.8. The van der Waals surface area contributed by atoms with E-state index in [9.17, 15) is 18.0 Å². The zero-order valence-corrected chi connectivity index (χ0v) is 17.5. The van der Waals surface area contributed by atoms with Crippen LogP contribution in [-0.2, 0) is 17.5 Å². The van der Waals surface area contributed by atoms with Crippen molar-refractivity contribution >= 4 is 12.0 Å². The van der Waals surface area contributed by atoms with E-state index in [0.29, 0.717) is 44.2 Å². The lowest BCUT2D eigenvalue weighted by atomic mass is 10.1. The standard InChI is InChI=1S/C23H25F3N2O3/c1-30-20-13-18(14-21(15-20)31-2)5-8-22(29)28-11-9-27(10-12-28)16-17-3-6-19(7-4-17)23(24,25)26/h3-8,13-15H,9-12,16H2,1-2H3/b8-5+. The van der Waals surface area contributed by atoms with Crippen LogP contribution in [0.25, 0.3) is 6.08 Å². The summed E-state index contributed by atoms with van der Waals surface area (Å²) in [6.45, 7) is 3.00. The molecule has 166 valence electrons. The van der Waals surface area contributed by atoms with Crippen LogP contribution in [0.1, 0.15) is 16.7 Å². The summed E-state index contributed by atoms with van der Waals surface area (Å²) >= 11 is 0. The molecular formula is C23H25F3N2O3. The van der Waals surface area contributed by atoms with Crippen molar-refractivity contribution in [1.82, 2.24) is 9.80 Å². The molecule has 3 rings (SSSR count). The summed E-state index contributed by atoms with van der Waals surface area (Å²) in [7, 11) is 3.13. The fourth-order valence-corrected chi connectivity index (χ4v) is 3.38. The van der Waals surface area contributed by atoms with Gasteiger partial charge in [0.15, 0.2) is 0 Å². The van der Waals surface area contributed by atoms with Gasteiger partial charge >= 0.3 is 6.18 Å². The zero-order valence-electron chi connectivity index (χ0n) is 17.5. The molecule has 0 bridgehead atoms. The van der Waals surface area contributed by atoms with Crippen molar-refractivity contribution in [2.75, 3.05) is 40.4 Å². The van der Waals surface area contributed by atoms with Gasteiger partial charge in [-0.2, -0.15) is 13.2 Å². The summed E-state index contributed by atoms with van der Waals surface area (Å²) in [5.74, 6) is 1.20. The van der Waals surface area contributed by atoms with Crippen molar-refractivity contribution in [2.24, 2.45) is 0 Å². The molecular weight excluding hydrogens is 409 g/mol. The van der Waals surface area contributed by atoms with Crippen molar-refractivity contribution in [2.45, 2.75) is 12.7 Å². The molecule has 0 unspecified atom stereocenters. The minimum Gasteiger partial charge on any atom is -0.497 e. The summed E-state index contributed by atoms with van der Waals surface area (Å²) in [6, 6.07) is 10.6. The van der Waals surface area contributed by atoms with E-state index in [-0.39, 0.29) is 5.91 Å². The monoisotopic (exact) mass is 434 g/mol. The molecule has 0 aromatic heterocycles. The van der Waals surface area contributed by atoms with Gasteiger partial charge in [0.1, 0.15) is 11.5 Å². The Hall–Kier alpha value is -3.00. The number of ether oxygens (including phenoxy) is 2. The Morgan fingerprint density at radius 1 is 0.968 bits per heavy atom. The van der Waals surface area contributed by atoms with Gasteiger partial charge in [-0.15, -0.1) is 0 Å². The van der Waals surface area contributed by atoms with Gasteiger partial charge in [0.25, 0.3) is 0 Å². The first-order valence-electron chi connectivity index (χ1n) is 9.87. The molecule has 31 heavy (non-hydrogen) atoms. The van der Waals surface area contributed by atoms with Crippen LogP contribution in [0.4, 0.5) is 13.2 Å². The van der Waals surface area contributed by atoms with Crippen LogP contribution < -0.4 is 9.47 Å². The number of carbonyl (C=O) groups excluding carboxylic acids is 1. The van der Waals surface area contributed by atoms with Crippen LogP contribution in [0.5, 0.6) is 11.5 Å². The highest BCUT2D eigenvalue weighted by Crippen LogP contribution is 2.29. The summed E-state index contributed by atoms with van der Waals surface area (Å²) < 4.78 is 48.5. The summed E-state index contributed by atoms with van der Waals surface area (Å²) in [4.78, 5) is 16.4. The number of piperazine rings is 1. The number of halogens is 3. The predicted molar refractivity (Wildman–Crippen MR) is 112 cm³/mol. The first-order valence-corrected chi connectivity index (χ1v) is 9.87. The number of methoxy groups -OCH3 is 2. The lowest BCUT2D eigenvalue weighted by Gasteiger charge is -2.34. The van der Waals surface area contributed by atoms with E-state index in [1.165, 1.54) is 18.2 Å². The lowest BCUT2D eigenvalue weighted by molar-refractivity contribution is -0.137. The maximum Gasteiger partial charge on any atom is 0.416 e. The Balaban J connectivity index is 1.52. The Bertz CT molecular complexity index is 896. The highest BCUT2D eigenvalue weighted by Gasteiger charge is 2.30. The number of carbonyl (C=O) groups is 1. The highest BCUT2D eigenvalue weighted by molar-refractivity contribution is 5.92. The van der Waals surface area contributed by atoms with Gasteiger partial charge in [-0.25, -0.2) is 0 Å². The van der Waals surface area contributed by atoms with Gasteiger partial charge < -0.3 is 14.4 Å². The molecule has 1 amide bonds. The Morgan fingerprint density at radius 3 is 2.06 bits per heavy atom. The Labute approximate surface area is 179 Å². The van der Waals surface area contributed by atoms with Gasteiger partial charge in [0.05, 0.1) is 19.8 Å². The highest BCUT2D eigenvalue weighted by atomic mass is 19.4. The largest absolute Gasteiger partial charge is 0.497 e. The number of amides is 1. The molecule has 2 aromatic rings. The Kier molecular flexibility index (Phi) is 7.22. The van der Waals surface area contributed by atoms with Crippen molar-refractivity contribution in [3.63, 3.8) is 0 Å². The van der Waals surface area contributed by atoms with Crippen molar-refractivity contribution in [1.29, 1.82) is 0 Å². The summed E-state index contributed by atoms with van der Waals surface area (Å²) in [5.41, 5.74) is 0.970. The van der Waals surface area contributed by atoms with Gasteiger partial charge in [0, 0.05) is 44.9 Å². The van der Waals surface area contributed by atoms with E-state index < -0.39 is 11.7 Å². The molecule has 1 fully saturated rings. The maximum absolute atomic E-state index is 12.7. The second kappa shape index (κ2) is 9.87. The number of rotatable bonds is 6. The molecule has 1 heterocycles. The molecule has 5 nitrogen and oxygen atoms in total. The molecule has 8 heteroatoms. The molecule has 0 radical (unpaired) electrons. The van der Waals surface area contributed by atoms with Crippen molar-refractivity contribution < 1.29 is 27.4 Å². The third-order valence-electron chi connectivity index (χ3n) is 5.16. The maximum atomic E-state index is 12.7. The molecule has 0 aliphatic carbocycles. The van der Waals surface area contributed by atoms with Gasteiger partial charge in [-0.3, -0.25) is 9.69 Å². The Morgan fingerprint density at radius 2 is 1.55 bits per heavy atom. The topological polar surface area (TPSA) is 42.0 Å². The van der Waals surface area contributed by atoms with Crippen molar-refractivity contribution in [3.05, 3.63) is 65.2 Å². The minimum atomic E-state index is -4.33. The number of nitrogens with zero attached hydrogens (tertiary/aromatic N) is 2. The SMILES string of the molecule is COc1cc(/C=C/C(=O)N2CCN(Cc3ccc(C(F)(F)F)cc3)CC2)cc(OC)c1. The second-order valence-electron chi connectivity index (χ2n) is 7.28. The molecule has 1 aliphatic heterocycles. The summed E-state index contributed by atoms with van der Waals surface area (Å²) in [6.07, 6.45) is -1.07. The number of benzene rings is 2. The molecule has 1 aliphatic rings. The van der Waals surface area contributed by atoms with Crippen LogP contribution in [0.2, 0.25) is 0 Å². The average Bonchev–Trinajstić information content (AvgIpc) is 2.77. The van der Waals surface area contributed by atoms with Gasteiger partial charge in [0.2, 0.25) is 5.91 Å². The quantitative estimate of drug-likeness (QED) is 0.643. The second-order valence-corrected chi connectivity index (χ2v) is 7.28. The van der Waals surface area contributed by atoms with Crippen LogP contribution in [0.3, 0.4) is 0 Å². The zero-order chi connectivity index (χ0) is 22.4. The van der Waals surface area contributed by atoms with Crippen LogP contribution in [0, 0.1) is 0 Å². The minimum absolute atomic E-state index is 0.0871. The molecule has 1 saturated heterocycles. The van der Waals surface area contributed by atoms with Gasteiger partial charge in [-0.1, -0.05) is 12.1 Å². The number of alkyl halides is 3.